The molecule has 0 aliphatic carbocycles. The fourth-order valence-electron chi connectivity index (χ4n) is 3.16. The standard InChI is InChI=1S/C23H30N2O2.2C2H4O2.Co/c1-5-7-18-9-16(3)22(26)20(11-18)13-24-15-25-14-21-12-19(8-6-2)10-17(4)23(21)27;2*1-2(3)4;/h9-14,26-27H,5-8,15H2,1-4H3;2*1H3,(H,3,4);/q;;;+2/p-2. The molecular weight excluding hydrogens is 507 g/mol. The molecule has 0 saturated carbocycles. The van der Waals surface area contributed by atoms with E-state index in [1.165, 1.54) is 11.1 Å². The van der Waals surface area contributed by atoms with Crippen molar-refractivity contribution in [3.05, 3.63) is 57.6 Å². The van der Waals surface area contributed by atoms with E-state index < -0.39 is 11.9 Å². The first-order chi connectivity index (χ1) is 16.4. The molecule has 2 aromatic carbocycles. The molecule has 0 fully saturated rings. The third-order valence-electron chi connectivity index (χ3n) is 4.48. The third kappa shape index (κ3) is 15.0. The van der Waals surface area contributed by atoms with Crippen LogP contribution in [0.3, 0.4) is 0 Å². The van der Waals surface area contributed by atoms with E-state index in [0.717, 1.165) is 61.8 Å². The van der Waals surface area contributed by atoms with Gasteiger partial charge in [-0.1, -0.05) is 38.8 Å². The number of carboxylic acids is 2. The van der Waals surface area contributed by atoms with Crippen LogP contribution in [-0.2, 0) is 39.2 Å². The van der Waals surface area contributed by atoms with Gasteiger partial charge in [-0.25, -0.2) is 0 Å². The van der Waals surface area contributed by atoms with Crippen LogP contribution in [0.25, 0.3) is 0 Å². The molecule has 0 saturated heterocycles. The van der Waals surface area contributed by atoms with Crippen molar-refractivity contribution in [2.24, 2.45) is 9.98 Å². The van der Waals surface area contributed by atoms with Crippen LogP contribution in [0.4, 0.5) is 0 Å². The summed E-state index contributed by atoms with van der Waals surface area (Å²) in [5.74, 6) is -1.63. The summed E-state index contributed by atoms with van der Waals surface area (Å²) in [6, 6.07) is 7.98. The summed E-state index contributed by atoms with van der Waals surface area (Å²) in [6.45, 7) is 10.3. The molecule has 8 nitrogen and oxygen atoms in total. The van der Waals surface area contributed by atoms with Gasteiger partial charge in [0, 0.05) is 35.5 Å². The predicted octanol–water partition coefficient (Wildman–Crippen LogP) is 2.63. The summed E-state index contributed by atoms with van der Waals surface area (Å²) in [5, 5.41) is 38.2. The van der Waals surface area contributed by atoms with Gasteiger partial charge in [0.25, 0.3) is 0 Å². The number of phenols is 2. The zero-order chi connectivity index (χ0) is 27.0. The van der Waals surface area contributed by atoms with Crippen LogP contribution >= 0.6 is 0 Å². The second-order valence-electron chi connectivity index (χ2n) is 7.95. The van der Waals surface area contributed by atoms with Crippen LogP contribution < -0.4 is 10.2 Å². The monoisotopic (exact) mass is 543 g/mol. The Bertz CT molecular complexity index is 946. The number of hydrogen-bond acceptors (Lipinski definition) is 8. The van der Waals surface area contributed by atoms with Crippen molar-refractivity contribution in [2.45, 2.75) is 67.2 Å². The number of hydrogen-bond donors (Lipinski definition) is 2. The van der Waals surface area contributed by atoms with E-state index in [4.69, 9.17) is 19.8 Å². The molecular formula is C27H36CoN2O6. The summed E-state index contributed by atoms with van der Waals surface area (Å²) in [7, 11) is 0. The molecule has 0 bridgehead atoms. The van der Waals surface area contributed by atoms with Crippen molar-refractivity contribution in [3.63, 3.8) is 0 Å². The zero-order valence-electron chi connectivity index (χ0n) is 21.8. The maximum absolute atomic E-state index is 10.2. The van der Waals surface area contributed by atoms with Crippen LogP contribution in [0.5, 0.6) is 11.5 Å². The SMILES string of the molecule is CC(=O)[O-].CC(=O)[O-].CCCc1cc(C)c(O)c(C=NCN=Cc2cc(CCC)cc(C)c2O)c1.[Co+2]. The Morgan fingerprint density at radius 2 is 1.08 bits per heavy atom. The number of aliphatic carboxylic acids is 2. The van der Waals surface area contributed by atoms with Crippen LogP contribution in [0, 0.1) is 13.8 Å². The third-order valence-corrected chi connectivity index (χ3v) is 4.48. The number of nitrogens with zero attached hydrogens (tertiary/aromatic N) is 2. The molecule has 0 atom stereocenters. The number of aromatic hydroxyl groups is 2. The first-order valence-electron chi connectivity index (χ1n) is 11.4. The smallest absolute Gasteiger partial charge is 0.550 e. The maximum atomic E-state index is 10.2. The number of carbonyl (C=O) groups is 2. The minimum absolute atomic E-state index is 0. The van der Waals surface area contributed by atoms with Crippen molar-refractivity contribution in [3.8, 4) is 11.5 Å². The second-order valence-corrected chi connectivity index (χ2v) is 7.95. The predicted molar refractivity (Wildman–Crippen MR) is 135 cm³/mol. The summed E-state index contributed by atoms with van der Waals surface area (Å²) in [6.07, 6.45) is 7.41. The van der Waals surface area contributed by atoms with E-state index in [-0.39, 0.29) is 34.9 Å². The van der Waals surface area contributed by atoms with Crippen LogP contribution in [0.2, 0.25) is 0 Å². The van der Waals surface area contributed by atoms with Gasteiger partial charge in [0.2, 0.25) is 0 Å². The molecule has 9 heteroatoms. The van der Waals surface area contributed by atoms with Gasteiger partial charge in [-0.3, -0.25) is 9.98 Å². The number of carbonyl (C=O) groups excluding carboxylic acids is 2. The normalized spacial score (nSPS) is 10.2. The van der Waals surface area contributed by atoms with Crippen molar-refractivity contribution in [1.82, 2.24) is 0 Å². The Labute approximate surface area is 224 Å². The van der Waals surface area contributed by atoms with E-state index in [2.05, 4.69) is 23.8 Å². The molecule has 0 unspecified atom stereocenters. The number of rotatable bonds is 8. The fraction of sp³-hybridized carbons (Fsp3) is 0.407. The van der Waals surface area contributed by atoms with Gasteiger partial charge >= 0.3 is 16.8 Å². The molecule has 36 heavy (non-hydrogen) atoms. The molecule has 2 rings (SSSR count). The minimum atomic E-state index is -1.08. The fourth-order valence-corrected chi connectivity index (χ4v) is 3.16. The average molecular weight is 544 g/mol. The van der Waals surface area contributed by atoms with Crippen LogP contribution in [-0.4, -0.2) is 41.2 Å². The summed E-state index contributed by atoms with van der Waals surface area (Å²) in [4.78, 5) is 26.4. The number of phenolic OH excluding ortho intramolecular Hbond substituents is 2. The van der Waals surface area contributed by atoms with Gasteiger partial charge in [0.1, 0.15) is 18.2 Å². The molecule has 2 N–H and O–H groups in total. The van der Waals surface area contributed by atoms with Crippen molar-refractivity contribution in [2.75, 3.05) is 6.67 Å². The number of benzene rings is 2. The molecule has 0 heterocycles. The molecule has 0 aromatic heterocycles. The van der Waals surface area contributed by atoms with E-state index in [1.807, 2.05) is 38.1 Å². The summed E-state index contributed by atoms with van der Waals surface area (Å²) < 4.78 is 0. The quantitative estimate of drug-likeness (QED) is 0.490. The maximum Gasteiger partial charge on any atom is 2.00 e. The second kappa shape index (κ2) is 19.1. The van der Waals surface area contributed by atoms with E-state index in [0.29, 0.717) is 0 Å². The van der Waals surface area contributed by atoms with Crippen LogP contribution in [0.1, 0.15) is 73.9 Å². The molecule has 0 spiro atoms. The molecule has 0 amide bonds. The van der Waals surface area contributed by atoms with E-state index >= 15 is 0 Å². The first kappa shape index (κ1) is 35.0. The zero-order valence-corrected chi connectivity index (χ0v) is 22.8. The van der Waals surface area contributed by atoms with Gasteiger partial charge in [-0.2, -0.15) is 0 Å². The number of carboxylic acid groups (broad SMARTS) is 2. The van der Waals surface area contributed by atoms with Crippen molar-refractivity contribution in [1.29, 1.82) is 0 Å². The first-order valence-corrected chi connectivity index (χ1v) is 11.4. The van der Waals surface area contributed by atoms with E-state index in [9.17, 15) is 10.2 Å². The Balaban J connectivity index is 0. The molecule has 2 aromatic rings. The van der Waals surface area contributed by atoms with E-state index in [1.54, 1.807) is 12.4 Å². The minimum Gasteiger partial charge on any atom is -0.550 e. The topological polar surface area (TPSA) is 145 Å². The van der Waals surface area contributed by atoms with Crippen LogP contribution in [0.15, 0.2) is 34.3 Å². The van der Waals surface area contributed by atoms with Gasteiger partial charge in [0.05, 0.1) is 0 Å². The van der Waals surface area contributed by atoms with Crippen molar-refractivity contribution < 1.29 is 46.8 Å². The Morgan fingerprint density at radius 1 is 0.778 bits per heavy atom. The molecule has 0 aliphatic rings. The Kier molecular flexibility index (Phi) is 18.5. The largest absolute Gasteiger partial charge is 2.00 e. The average Bonchev–Trinajstić information content (AvgIpc) is 2.74. The molecule has 0 aliphatic heterocycles. The number of aryl methyl sites for hydroxylation is 4. The van der Waals surface area contributed by atoms with Gasteiger partial charge in [-0.05, 0) is 74.9 Å². The van der Waals surface area contributed by atoms with Crippen molar-refractivity contribution >= 4 is 24.4 Å². The van der Waals surface area contributed by atoms with Gasteiger partial charge in [-0.15, -0.1) is 0 Å². The summed E-state index contributed by atoms with van der Waals surface area (Å²) in [5.41, 5.74) is 5.56. The molecule has 1 radical (unpaired) electrons. The van der Waals surface area contributed by atoms with Gasteiger partial charge < -0.3 is 30.0 Å². The number of aliphatic imine (C=N–C) groups is 2. The Morgan fingerprint density at radius 3 is 1.36 bits per heavy atom. The van der Waals surface area contributed by atoms with Gasteiger partial charge in [0.15, 0.2) is 0 Å². The summed E-state index contributed by atoms with van der Waals surface area (Å²) >= 11 is 0. The Hall–Kier alpha value is -3.17. The molecule has 199 valence electrons.